The van der Waals surface area contributed by atoms with Crippen LogP contribution in [-0.2, 0) is 21.9 Å². The highest BCUT2D eigenvalue weighted by Crippen LogP contribution is 2.52. The van der Waals surface area contributed by atoms with Gasteiger partial charge in [0.25, 0.3) is 0 Å². The summed E-state index contributed by atoms with van der Waals surface area (Å²) in [6.07, 6.45) is 1.94. The fraction of sp³-hybridized carbons (Fsp3) is 0.429. The average Bonchev–Trinajstić information content (AvgIpc) is 2.98. The molecule has 0 heterocycles. The molecular weight excluding hydrogens is 337 g/mol. The summed E-state index contributed by atoms with van der Waals surface area (Å²) in [6.45, 7) is 0. The minimum atomic E-state index is -1.49. The van der Waals surface area contributed by atoms with Crippen molar-refractivity contribution in [2.75, 3.05) is 12.4 Å². The molecule has 1 aromatic rings. The fourth-order valence-corrected chi connectivity index (χ4v) is 3.70. The number of carbonyl (C=O) groups excluding carboxylic acids is 2. The van der Waals surface area contributed by atoms with Crippen LogP contribution >= 0.6 is 34.8 Å². The maximum Gasteiger partial charge on any atom is 0.411 e. The molecule has 0 bridgehead atoms. The molecule has 7 heteroatoms. The van der Waals surface area contributed by atoms with Crippen LogP contribution in [0, 0.1) is 0 Å². The van der Waals surface area contributed by atoms with Gasteiger partial charge in [-0.1, -0.05) is 29.3 Å². The Labute approximate surface area is 136 Å². The van der Waals surface area contributed by atoms with E-state index in [1.165, 1.54) is 7.11 Å². The van der Waals surface area contributed by atoms with E-state index in [1.54, 1.807) is 0 Å². The molecule has 0 aliphatic heterocycles. The van der Waals surface area contributed by atoms with Crippen molar-refractivity contribution in [3.05, 3.63) is 28.3 Å². The zero-order valence-electron chi connectivity index (χ0n) is 11.1. The third kappa shape index (κ3) is 2.12. The van der Waals surface area contributed by atoms with Crippen LogP contribution in [-0.4, -0.2) is 24.4 Å². The summed E-state index contributed by atoms with van der Waals surface area (Å²) in [7, 11) is 1.26. The molecule has 0 aromatic heterocycles. The molecule has 3 rings (SSSR count). The summed E-state index contributed by atoms with van der Waals surface area (Å²) >= 11 is 18.6. The first kappa shape index (κ1) is 14.9. The number of carbonyl (C=O) groups is 2. The maximum atomic E-state index is 12.4. The second kappa shape index (κ2) is 5.04. The number of hydrogen-bond acceptors (Lipinski definition) is 3. The van der Waals surface area contributed by atoms with Crippen LogP contribution in [0.25, 0.3) is 0 Å². The van der Waals surface area contributed by atoms with Crippen molar-refractivity contribution in [3.63, 3.8) is 0 Å². The quantitative estimate of drug-likeness (QED) is 0.786. The molecule has 2 aliphatic carbocycles. The van der Waals surface area contributed by atoms with E-state index in [4.69, 9.17) is 34.8 Å². The van der Waals surface area contributed by atoms with Gasteiger partial charge in [-0.25, -0.2) is 4.79 Å². The summed E-state index contributed by atoms with van der Waals surface area (Å²) in [4.78, 5) is 24.0. The second-order valence-electron chi connectivity index (χ2n) is 5.13. The largest absolute Gasteiger partial charge is 0.453 e. The third-order valence-corrected chi connectivity index (χ3v) is 5.56. The van der Waals surface area contributed by atoms with Crippen molar-refractivity contribution < 1.29 is 14.3 Å². The van der Waals surface area contributed by atoms with Gasteiger partial charge in [0.2, 0.25) is 0 Å². The zero-order valence-corrected chi connectivity index (χ0v) is 13.4. The van der Waals surface area contributed by atoms with E-state index in [0.717, 1.165) is 30.4 Å². The normalized spacial score (nSPS) is 21.9. The van der Waals surface area contributed by atoms with Gasteiger partial charge in [-0.2, -0.15) is 0 Å². The van der Waals surface area contributed by atoms with Crippen LogP contribution in [0.2, 0.25) is 0 Å². The molecule has 112 valence electrons. The zero-order chi connectivity index (χ0) is 15.4. The summed E-state index contributed by atoms with van der Waals surface area (Å²) in [5.74, 6) is -0.377. The molecule has 0 saturated carbocycles. The molecule has 21 heavy (non-hydrogen) atoms. The van der Waals surface area contributed by atoms with Gasteiger partial charge in [-0.05, 0) is 30.4 Å². The Morgan fingerprint density at radius 3 is 2.81 bits per heavy atom. The summed E-state index contributed by atoms with van der Waals surface area (Å²) in [5.41, 5.74) is 3.16. The highest BCUT2D eigenvalue weighted by atomic mass is 35.5. The number of aryl methyl sites for hydroxylation is 1. The highest BCUT2D eigenvalue weighted by Gasteiger charge is 2.51. The predicted molar refractivity (Wildman–Crippen MR) is 81.9 cm³/mol. The molecule has 1 amide bonds. The molecule has 1 N–H and O–H groups in total. The molecule has 1 aromatic carbocycles. The molecule has 0 fully saturated rings. The number of ether oxygens (including phenoxy) is 1. The monoisotopic (exact) mass is 347 g/mol. The first-order valence-electron chi connectivity index (χ1n) is 6.48. The van der Waals surface area contributed by atoms with Crippen molar-refractivity contribution in [3.8, 4) is 0 Å². The van der Waals surface area contributed by atoms with Gasteiger partial charge in [-0.15, -0.1) is 11.6 Å². The Bertz CT molecular complexity index is 657. The fourth-order valence-electron chi connectivity index (χ4n) is 2.98. The van der Waals surface area contributed by atoms with Crippen molar-refractivity contribution in [2.45, 2.75) is 29.0 Å². The molecule has 2 aliphatic rings. The van der Waals surface area contributed by atoms with E-state index < -0.39 is 15.8 Å². The number of amides is 1. The molecule has 0 spiro atoms. The number of benzene rings is 1. The van der Waals surface area contributed by atoms with Crippen LogP contribution < -0.4 is 5.32 Å². The van der Waals surface area contributed by atoms with Gasteiger partial charge in [-0.3, -0.25) is 10.1 Å². The van der Waals surface area contributed by atoms with Crippen molar-refractivity contribution in [2.24, 2.45) is 0 Å². The first-order valence-corrected chi connectivity index (χ1v) is 7.67. The van der Waals surface area contributed by atoms with E-state index in [2.05, 4.69) is 10.1 Å². The van der Waals surface area contributed by atoms with Crippen LogP contribution in [0.5, 0.6) is 0 Å². The first-order chi connectivity index (χ1) is 9.87. The number of alkyl halides is 3. The van der Waals surface area contributed by atoms with E-state index in [1.807, 2.05) is 6.07 Å². The lowest BCUT2D eigenvalue weighted by molar-refractivity contribution is 0.0995. The van der Waals surface area contributed by atoms with E-state index in [9.17, 15) is 9.59 Å². The van der Waals surface area contributed by atoms with Crippen LogP contribution in [0.4, 0.5) is 10.5 Å². The topological polar surface area (TPSA) is 55.4 Å². The number of rotatable bonds is 1. The summed E-state index contributed by atoms with van der Waals surface area (Å²) in [5, 5.41) is 1.55. The van der Waals surface area contributed by atoms with Gasteiger partial charge in [0, 0.05) is 11.1 Å². The second-order valence-corrected chi connectivity index (χ2v) is 6.95. The van der Waals surface area contributed by atoms with E-state index in [0.29, 0.717) is 16.8 Å². The number of methoxy groups -OCH3 is 1. The predicted octanol–water partition coefficient (Wildman–Crippen LogP) is 3.79. The van der Waals surface area contributed by atoms with Gasteiger partial charge in [0.05, 0.1) is 12.8 Å². The summed E-state index contributed by atoms with van der Waals surface area (Å²) in [6, 6.07) is 1.83. The average molecular weight is 349 g/mol. The number of fused-ring (bicyclic) bond motifs is 2. The Balaban J connectivity index is 2.24. The van der Waals surface area contributed by atoms with E-state index >= 15 is 0 Å². The van der Waals surface area contributed by atoms with Gasteiger partial charge < -0.3 is 4.74 Å². The third-order valence-electron chi connectivity index (χ3n) is 3.97. The number of hydrogen-bond donors (Lipinski definition) is 1. The lowest BCUT2D eigenvalue weighted by Crippen LogP contribution is -2.22. The van der Waals surface area contributed by atoms with Gasteiger partial charge >= 0.3 is 6.09 Å². The van der Waals surface area contributed by atoms with Crippen LogP contribution in [0.15, 0.2) is 6.07 Å². The highest BCUT2D eigenvalue weighted by molar-refractivity contribution is 6.58. The number of Topliss-reactive ketones (excluding diaryl/α,β-unsaturated/α-hetero) is 1. The Kier molecular flexibility index (Phi) is 3.59. The minimum Gasteiger partial charge on any atom is -0.453 e. The molecule has 0 radical (unpaired) electrons. The minimum absolute atomic E-state index is 0.297. The smallest absolute Gasteiger partial charge is 0.411 e. The van der Waals surface area contributed by atoms with E-state index in [-0.39, 0.29) is 5.78 Å². The number of ketones is 1. The molecular formula is C14H12Cl3NO3. The Morgan fingerprint density at radius 1 is 1.43 bits per heavy atom. The van der Waals surface area contributed by atoms with Crippen LogP contribution in [0.3, 0.4) is 0 Å². The molecule has 1 unspecified atom stereocenters. The number of nitrogens with one attached hydrogen (secondary N) is 1. The number of anilines is 1. The number of halogens is 3. The Morgan fingerprint density at radius 2 is 2.14 bits per heavy atom. The van der Waals surface area contributed by atoms with Crippen LogP contribution in [0.1, 0.15) is 33.5 Å². The SMILES string of the molecule is COC(=O)Nc1c2c(cc3c1C(=O)C(Cl)C3(Cl)Cl)CCC2. The molecule has 0 saturated heterocycles. The van der Waals surface area contributed by atoms with Crippen molar-refractivity contribution in [1.82, 2.24) is 0 Å². The molecule has 1 atom stereocenters. The van der Waals surface area contributed by atoms with Gasteiger partial charge in [0.1, 0.15) is 5.38 Å². The lowest BCUT2D eigenvalue weighted by Gasteiger charge is -2.18. The standard InChI is InChI=1S/C14H12Cl3NO3/c1-21-13(20)18-10-7-4-2-3-6(7)5-8-9(10)11(19)12(15)14(8,16)17/h5,12H,2-4H2,1H3,(H,18,20). The van der Waals surface area contributed by atoms with Crippen molar-refractivity contribution in [1.29, 1.82) is 0 Å². The maximum absolute atomic E-state index is 12.4. The van der Waals surface area contributed by atoms with Gasteiger partial charge in [0.15, 0.2) is 10.1 Å². The lowest BCUT2D eigenvalue weighted by atomic mass is 9.98. The molecule has 4 nitrogen and oxygen atoms in total. The summed E-state index contributed by atoms with van der Waals surface area (Å²) < 4.78 is 3.14. The Hall–Kier alpha value is -0.970. The van der Waals surface area contributed by atoms with Crippen molar-refractivity contribution >= 4 is 52.4 Å².